The molecule has 3 heterocycles. The summed E-state index contributed by atoms with van der Waals surface area (Å²) < 4.78 is 29.1. The molecule has 1 atom stereocenters. The van der Waals surface area contributed by atoms with Crippen LogP contribution in [0.1, 0.15) is 22.8 Å². The van der Waals surface area contributed by atoms with Gasteiger partial charge in [0, 0.05) is 24.9 Å². The number of fused-ring (bicyclic) bond motifs is 2. The number of thiazole rings is 1. The number of nitrogens with zero attached hydrogens (tertiary/aromatic N) is 2. The summed E-state index contributed by atoms with van der Waals surface area (Å²) in [5.74, 6) is 2.49. The summed E-state index contributed by atoms with van der Waals surface area (Å²) >= 11 is 1.11. The van der Waals surface area contributed by atoms with Crippen molar-refractivity contribution in [3.63, 3.8) is 0 Å². The third kappa shape index (κ3) is 3.20. The Bertz CT molecular complexity index is 1300. The quantitative estimate of drug-likeness (QED) is 0.565. The van der Waals surface area contributed by atoms with E-state index in [1.54, 1.807) is 49.4 Å². The van der Waals surface area contributed by atoms with Crippen LogP contribution in [-0.2, 0) is 11.8 Å². The van der Waals surface area contributed by atoms with Crippen LogP contribution in [0.4, 0.5) is 11.5 Å². The maximum atomic E-state index is 13.5. The molecule has 172 valence electrons. The SMILES string of the molecule is COc1ccc(N2C(=O)C[C@H](c3cc(OC)c4c(c3OC)OCO4)c3sc(=O)n(C)c32)cc1. The van der Waals surface area contributed by atoms with Crippen LogP contribution in [0.2, 0.25) is 0 Å². The fourth-order valence-corrected chi connectivity index (χ4v) is 5.41. The van der Waals surface area contributed by atoms with E-state index in [1.165, 1.54) is 18.8 Å². The van der Waals surface area contributed by atoms with Crippen molar-refractivity contribution in [2.45, 2.75) is 12.3 Å². The van der Waals surface area contributed by atoms with Gasteiger partial charge < -0.3 is 23.7 Å². The monoisotopic (exact) mass is 470 g/mol. The summed E-state index contributed by atoms with van der Waals surface area (Å²) in [6.07, 6.45) is 0.137. The maximum Gasteiger partial charge on any atom is 0.308 e. The zero-order valence-electron chi connectivity index (χ0n) is 18.5. The molecule has 2 aliphatic heterocycles. The lowest BCUT2D eigenvalue weighted by Gasteiger charge is -2.33. The van der Waals surface area contributed by atoms with Crippen molar-refractivity contribution in [3.8, 4) is 28.7 Å². The van der Waals surface area contributed by atoms with Crippen molar-refractivity contribution in [3.05, 3.63) is 50.4 Å². The molecule has 0 radical (unpaired) electrons. The summed E-state index contributed by atoms with van der Waals surface area (Å²) in [7, 11) is 6.33. The summed E-state index contributed by atoms with van der Waals surface area (Å²) in [5, 5.41) is 0. The third-order valence-corrected chi connectivity index (χ3v) is 7.02. The van der Waals surface area contributed by atoms with Crippen molar-refractivity contribution in [1.29, 1.82) is 0 Å². The predicted octanol–water partition coefficient (Wildman–Crippen LogP) is 3.40. The van der Waals surface area contributed by atoms with Gasteiger partial charge in [-0.05, 0) is 30.3 Å². The van der Waals surface area contributed by atoms with Gasteiger partial charge in [0.1, 0.15) is 11.6 Å². The van der Waals surface area contributed by atoms with E-state index in [1.807, 2.05) is 0 Å². The first kappa shape index (κ1) is 21.2. The molecule has 1 aromatic heterocycles. The van der Waals surface area contributed by atoms with E-state index in [4.69, 9.17) is 23.7 Å². The Morgan fingerprint density at radius 2 is 1.73 bits per heavy atom. The predicted molar refractivity (Wildman–Crippen MR) is 122 cm³/mol. The number of carbonyl (C=O) groups excluding carboxylic acids is 1. The molecule has 1 amide bonds. The largest absolute Gasteiger partial charge is 0.497 e. The first-order valence-corrected chi connectivity index (χ1v) is 11.0. The topological polar surface area (TPSA) is 88.5 Å². The number of hydrogen-bond donors (Lipinski definition) is 0. The van der Waals surface area contributed by atoms with E-state index in [-0.39, 0.29) is 24.0 Å². The van der Waals surface area contributed by atoms with Gasteiger partial charge in [-0.2, -0.15) is 0 Å². The Labute approximate surface area is 193 Å². The van der Waals surface area contributed by atoms with Crippen LogP contribution in [0.5, 0.6) is 28.7 Å². The van der Waals surface area contributed by atoms with Crippen LogP contribution in [0.25, 0.3) is 0 Å². The van der Waals surface area contributed by atoms with Crippen LogP contribution >= 0.6 is 11.3 Å². The Kier molecular flexibility index (Phi) is 5.16. The second kappa shape index (κ2) is 8.04. The van der Waals surface area contributed by atoms with Crippen LogP contribution in [0, 0.1) is 0 Å². The molecule has 0 spiro atoms. The standard InChI is InChI=1S/C23H22N2O7S/c1-24-22-21(33-23(24)27)15(10-17(26)25(22)12-5-7-13(28-2)8-6-12)14-9-16(29-3)19-20(18(14)30-4)32-11-31-19/h5-9,15H,10-11H2,1-4H3/t15-/m1/s1. The normalized spacial score (nSPS) is 16.5. The van der Waals surface area contributed by atoms with Crippen LogP contribution in [0.3, 0.4) is 0 Å². The second-order valence-corrected chi connectivity index (χ2v) is 8.56. The van der Waals surface area contributed by atoms with Gasteiger partial charge in [-0.25, -0.2) is 0 Å². The van der Waals surface area contributed by atoms with Gasteiger partial charge >= 0.3 is 4.87 Å². The molecular formula is C23H22N2O7S. The van der Waals surface area contributed by atoms with Crippen LogP contribution in [0.15, 0.2) is 35.1 Å². The number of rotatable bonds is 5. The smallest absolute Gasteiger partial charge is 0.308 e. The Balaban J connectivity index is 1.69. The fourth-order valence-electron chi connectivity index (χ4n) is 4.33. The van der Waals surface area contributed by atoms with Gasteiger partial charge in [-0.15, -0.1) is 0 Å². The molecule has 0 bridgehead atoms. The molecule has 5 rings (SSSR count). The number of hydrogen-bond acceptors (Lipinski definition) is 8. The molecule has 0 unspecified atom stereocenters. The lowest BCUT2D eigenvalue weighted by molar-refractivity contribution is -0.118. The summed E-state index contributed by atoms with van der Waals surface area (Å²) in [6, 6.07) is 8.96. The van der Waals surface area contributed by atoms with Gasteiger partial charge in [0.05, 0.1) is 31.9 Å². The second-order valence-electron chi connectivity index (χ2n) is 7.56. The van der Waals surface area contributed by atoms with Gasteiger partial charge in [-0.1, -0.05) is 11.3 Å². The molecule has 10 heteroatoms. The van der Waals surface area contributed by atoms with E-state index in [0.29, 0.717) is 45.8 Å². The summed E-state index contributed by atoms with van der Waals surface area (Å²) in [5.41, 5.74) is 1.36. The molecule has 0 saturated carbocycles. The highest BCUT2D eigenvalue weighted by Crippen LogP contribution is 2.55. The van der Waals surface area contributed by atoms with Crippen molar-refractivity contribution in [2.24, 2.45) is 7.05 Å². The number of carbonyl (C=O) groups is 1. The minimum absolute atomic E-state index is 0.0459. The van der Waals surface area contributed by atoms with Gasteiger partial charge in [0.15, 0.2) is 11.5 Å². The number of benzene rings is 2. The molecular weight excluding hydrogens is 448 g/mol. The molecule has 0 fully saturated rings. The van der Waals surface area contributed by atoms with E-state index >= 15 is 0 Å². The molecule has 33 heavy (non-hydrogen) atoms. The first-order chi connectivity index (χ1) is 16.0. The highest BCUT2D eigenvalue weighted by atomic mass is 32.1. The van der Waals surface area contributed by atoms with Crippen molar-refractivity contribution >= 4 is 28.7 Å². The van der Waals surface area contributed by atoms with Crippen molar-refractivity contribution in [1.82, 2.24) is 4.57 Å². The van der Waals surface area contributed by atoms with Crippen molar-refractivity contribution < 1.29 is 28.5 Å². The summed E-state index contributed by atoms with van der Waals surface area (Å²) in [4.78, 5) is 28.4. The van der Waals surface area contributed by atoms with Crippen LogP contribution in [-0.4, -0.2) is 38.6 Å². The van der Waals surface area contributed by atoms with E-state index < -0.39 is 5.92 Å². The number of methoxy groups -OCH3 is 3. The molecule has 9 nitrogen and oxygen atoms in total. The lowest BCUT2D eigenvalue weighted by Crippen LogP contribution is -2.34. The van der Waals surface area contributed by atoms with E-state index in [2.05, 4.69) is 0 Å². The van der Waals surface area contributed by atoms with Crippen LogP contribution < -0.4 is 33.5 Å². The lowest BCUT2D eigenvalue weighted by atomic mass is 9.89. The first-order valence-electron chi connectivity index (χ1n) is 10.2. The number of aromatic nitrogens is 1. The average molecular weight is 471 g/mol. The number of ether oxygens (including phenoxy) is 5. The Morgan fingerprint density at radius 3 is 2.39 bits per heavy atom. The third-order valence-electron chi connectivity index (χ3n) is 5.89. The zero-order chi connectivity index (χ0) is 23.3. The number of anilines is 2. The molecule has 3 aromatic rings. The Hall–Kier alpha value is -3.66. The van der Waals surface area contributed by atoms with E-state index in [9.17, 15) is 9.59 Å². The van der Waals surface area contributed by atoms with Crippen molar-refractivity contribution in [2.75, 3.05) is 33.0 Å². The highest BCUT2D eigenvalue weighted by Gasteiger charge is 2.40. The highest BCUT2D eigenvalue weighted by molar-refractivity contribution is 7.10. The molecule has 0 N–H and O–H groups in total. The molecule has 2 aliphatic rings. The zero-order valence-corrected chi connectivity index (χ0v) is 19.4. The fraction of sp³-hybridized carbons (Fsp3) is 0.304. The summed E-state index contributed by atoms with van der Waals surface area (Å²) in [6.45, 7) is 0.0459. The van der Waals surface area contributed by atoms with Gasteiger partial charge in [0.25, 0.3) is 0 Å². The minimum Gasteiger partial charge on any atom is -0.497 e. The maximum absolute atomic E-state index is 13.5. The number of amides is 1. The average Bonchev–Trinajstić information content (AvgIpc) is 3.43. The molecule has 0 aliphatic carbocycles. The van der Waals surface area contributed by atoms with Gasteiger partial charge in [0.2, 0.25) is 24.2 Å². The molecule has 2 aromatic carbocycles. The Morgan fingerprint density at radius 1 is 1.00 bits per heavy atom. The molecule has 0 saturated heterocycles. The van der Waals surface area contributed by atoms with E-state index in [0.717, 1.165) is 16.2 Å². The minimum atomic E-state index is -0.417. The van der Waals surface area contributed by atoms with Gasteiger partial charge in [-0.3, -0.25) is 19.1 Å².